The number of rotatable bonds is 9. The maximum absolute atomic E-state index is 12.5. The lowest BCUT2D eigenvalue weighted by Crippen LogP contribution is -2.28. The van der Waals surface area contributed by atoms with Crippen LogP contribution in [0.1, 0.15) is 26.2 Å². The number of sulfonamides is 1. The summed E-state index contributed by atoms with van der Waals surface area (Å²) < 4.78 is 26.3. The van der Waals surface area contributed by atoms with E-state index in [1.54, 1.807) is 19.3 Å². The molecule has 7 heteroatoms. The number of aliphatic hydroxyl groups is 1. The number of anilines is 1. The zero-order valence-corrected chi connectivity index (χ0v) is 12.9. The molecule has 2 N–H and O–H groups in total. The third kappa shape index (κ3) is 4.43. The molecular weight excluding hydrogens is 278 g/mol. The van der Waals surface area contributed by atoms with Gasteiger partial charge in [0.05, 0.1) is 5.69 Å². The van der Waals surface area contributed by atoms with Crippen LogP contribution < -0.4 is 5.32 Å². The average molecular weight is 301 g/mol. The number of unbranched alkanes of at least 4 members (excludes halogenated alkanes) is 2. The molecule has 0 radical (unpaired) electrons. The molecule has 0 aliphatic carbocycles. The zero-order valence-electron chi connectivity index (χ0n) is 12.0. The van der Waals surface area contributed by atoms with Crippen LogP contribution in [0.15, 0.2) is 23.4 Å². The topological polar surface area (TPSA) is 82.5 Å². The van der Waals surface area contributed by atoms with Crippen molar-refractivity contribution in [2.75, 3.05) is 32.1 Å². The molecule has 0 bridgehead atoms. The Morgan fingerprint density at radius 1 is 1.35 bits per heavy atom. The SMILES string of the molecule is CCNc1ccncc1S(=O)(=O)N(C)CCCCCO. The van der Waals surface area contributed by atoms with E-state index in [1.807, 2.05) is 6.92 Å². The number of nitrogens with zero attached hydrogens (tertiary/aromatic N) is 2. The first-order valence-corrected chi connectivity index (χ1v) is 8.23. The van der Waals surface area contributed by atoms with Gasteiger partial charge in [0.2, 0.25) is 10.0 Å². The minimum atomic E-state index is -3.53. The Hall–Kier alpha value is -1.18. The first kappa shape index (κ1) is 16.9. The Labute approximate surface area is 120 Å². The van der Waals surface area contributed by atoms with Crippen LogP contribution in [0.4, 0.5) is 5.69 Å². The predicted molar refractivity (Wildman–Crippen MR) is 79.2 cm³/mol. The van der Waals surface area contributed by atoms with Gasteiger partial charge in [-0.1, -0.05) is 0 Å². The summed E-state index contributed by atoms with van der Waals surface area (Å²) in [5, 5.41) is 11.8. The fourth-order valence-electron chi connectivity index (χ4n) is 1.83. The number of aliphatic hydroxyl groups excluding tert-OH is 1. The van der Waals surface area contributed by atoms with Gasteiger partial charge in [-0.25, -0.2) is 12.7 Å². The van der Waals surface area contributed by atoms with Crippen molar-refractivity contribution >= 4 is 15.7 Å². The summed E-state index contributed by atoms with van der Waals surface area (Å²) in [6.07, 6.45) is 5.18. The number of nitrogens with one attached hydrogen (secondary N) is 1. The quantitative estimate of drug-likeness (QED) is 0.672. The van der Waals surface area contributed by atoms with E-state index in [9.17, 15) is 8.42 Å². The van der Waals surface area contributed by atoms with Crippen molar-refractivity contribution in [3.05, 3.63) is 18.5 Å². The monoisotopic (exact) mass is 301 g/mol. The molecule has 0 unspecified atom stereocenters. The van der Waals surface area contributed by atoms with E-state index in [2.05, 4.69) is 10.3 Å². The predicted octanol–water partition coefficient (Wildman–Crippen LogP) is 1.30. The van der Waals surface area contributed by atoms with Gasteiger partial charge >= 0.3 is 0 Å². The molecule has 1 aromatic rings. The van der Waals surface area contributed by atoms with Gasteiger partial charge < -0.3 is 10.4 Å². The fraction of sp³-hybridized carbons (Fsp3) is 0.615. The molecule has 0 aliphatic heterocycles. The molecule has 0 saturated carbocycles. The van der Waals surface area contributed by atoms with Crippen molar-refractivity contribution in [2.45, 2.75) is 31.1 Å². The number of hydrogen-bond acceptors (Lipinski definition) is 5. The maximum Gasteiger partial charge on any atom is 0.246 e. The Morgan fingerprint density at radius 2 is 2.10 bits per heavy atom. The van der Waals surface area contributed by atoms with E-state index < -0.39 is 10.0 Å². The summed E-state index contributed by atoms with van der Waals surface area (Å²) in [6, 6.07) is 1.66. The van der Waals surface area contributed by atoms with E-state index in [4.69, 9.17) is 5.11 Å². The van der Waals surface area contributed by atoms with Crippen LogP contribution in [0.3, 0.4) is 0 Å². The lowest BCUT2D eigenvalue weighted by atomic mass is 10.2. The van der Waals surface area contributed by atoms with Gasteiger partial charge in [0.25, 0.3) is 0 Å². The molecule has 114 valence electrons. The number of aromatic nitrogens is 1. The highest BCUT2D eigenvalue weighted by molar-refractivity contribution is 7.89. The van der Waals surface area contributed by atoms with Crippen molar-refractivity contribution in [3.63, 3.8) is 0 Å². The molecular formula is C13H23N3O3S. The molecule has 1 aromatic heterocycles. The van der Waals surface area contributed by atoms with Crippen LogP contribution in [0.2, 0.25) is 0 Å². The van der Waals surface area contributed by atoms with Crippen LogP contribution in [-0.4, -0.2) is 49.6 Å². The van der Waals surface area contributed by atoms with Crippen LogP contribution >= 0.6 is 0 Å². The highest BCUT2D eigenvalue weighted by Gasteiger charge is 2.23. The third-order valence-corrected chi connectivity index (χ3v) is 4.86. The normalized spacial score (nSPS) is 11.8. The summed E-state index contributed by atoms with van der Waals surface area (Å²) in [5.41, 5.74) is 0.574. The fourth-order valence-corrected chi connectivity index (χ4v) is 3.15. The summed E-state index contributed by atoms with van der Waals surface area (Å²) in [5.74, 6) is 0. The first-order chi connectivity index (χ1) is 9.54. The van der Waals surface area contributed by atoms with Gasteiger partial charge in [-0.2, -0.15) is 0 Å². The number of hydrogen-bond donors (Lipinski definition) is 2. The highest BCUT2D eigenvalue weighted by atomic mass is 32.2. The molecule has 0 amide bonds. The molecule has 0 aromatic carbocycles. The standard InChI is InChI=1S/C13H23N3O3S/c1-3-15-12-7-8-14-11-13(12)20(18,19)16(2)9-5-4-6-10-17/h7-8,11,17H,3-6,9-10H2,1-2H3,(H,14,15). The van der Waals surface area contributed by atoms with E-state index in [-0.39, 0.29) is 11.5 Å². The third-order valence-electron chi connectivity index (χ3n) is 2.97. The van der Waals surface area contributed by atoms with Crippen LogP contribution in [-0.2, 0) is 10.0 Å². The van der Waals surface area contributed by atoms with Crippen molar-refractivity contribution in [1.82, 2.24) is 9.29 Å². The van der Waals surface area contributed by atoms with Gasteiger partial charge in [-0.3, -0.25) is 4.98 Å². The van der Waals surface area contributed by atoms with Crippen molar-refractivity contribution in [1.29, 1.82) is 0 Å². The smallest absolute Gasteiger partial charge is 0.246 e. The van der Waals surface area contributed by atoms with Crippen molar-refractivity contribution < 1.29 is 13.5 Å². The summed E-state index contributed by atoms with van der Waals surface area (Å²) in [7, 11) is -1.97. The minimum absolute atomic E-state index is 0.142. The summed E-state index contributed by atoms with van der Waals surface area (Å²) in [6.45, 7) is 3.13. The van der Waals surface area contributed by atoms with E-state index in [0.29, 0.717) is 25.2 Å². The lowest BCUT2D eigenvalue weighted by molar-refractivity contribution is 0.281. The zero-order chi connectivity index (χ0) is 15.0. The van der Waals surface area contributed by atoms with Gasteiger partial charge in [0, 0.05) is 39.1 Å². The van der Waals surface area contributed by atoms with Gasteiger partial charge in [-0.15, -0.1) is 0 Å². The first-order valence-electron chi connectivity index (χ1n) is 6.79. The van der Waals surface area contributed by atoms with Crippen LogP contribution in [0.5, 0.6) is 0 Å². The molecule has 0 saturated heterocycles. The number of pyridine rings is 1. The molecule has 20 heavy (non-hydrogen) atoms. The lowest BCUT2D eigenvalue weighted by Gasteiger charge is -2.19. The van der Waals surface area contributed by atoms with Crippen LogP contribution in [0, 0.1) is 0 Å². The molecule has 0 fully saturated rings. The summed E-state index contributed by atoms with van der Waals surface area (Å²) >= 11 is 0. The van der Waals surface area contributed by atoms with E-state index in [0.717, 1.165) is 12.8 Å². The molecule has 0 spiro atoms. The molecule has 6 nitrogen and oxygen atoms in total. The second-order valence-electron chi connectivity index (χ2n) is 4.51. The average Bonchev–Trinajstić information content (AvgIpc) is 2.44. The van der Waals surface area contributed by atoms with Crippen molar-refractivity contribution in [2.24, 2.45) is 0 Å². The van der Waals surface area contributed by atoms with E-state index in [1.165, 1.54) is 10.5 Å². The van der Waals surface area contributed by atoms with E-state index >= 15 is 0 Å². The molecule has 1 rings (SSSR count). The van der Waals surface area contributed by atoms with Gasteiger partial charge in [0.15, 0.2) is 0 Å². The largest absolute Gasteiger partial charge is 0.396 e. The summed E-state index contributed by atoms with van der Waals surface area (Å²) in [4.78, 5) is 4.11. The Kier molecular flexibility index (Phi) is 6.90. The van der Waals surface area contributed by atoms with Crippen LogP contribution in [0.25, 0.3) is 0 Å². The van der Waals surface area contributed by atoms with Gasteiger partial charge in [0.1, 0.15) is 4.90 Å². The Bertz CT molecular complexity index is 505. The minimum Gasteiger partial charge on any atom is -0.396 e. The Balaban J connectivity index is 2.82. The maximum atomic E-state index is 12.5. The molecule has 0 aliphatic rings. The Morgan fingerprint density at radius 3 is 2.75 bits per heavy atom. The van der Waals surface area contributed by atoms with Gasteiger partial charge in [-0.05, 0) is 32.3 Å². The highest BCUT2D eigenvalue weighted by Crippen LogP contribution is 2.22. The molecule has 0 atom stereocenters. The molecule has 1 heterocycles. The second-order valence-corrected chi connectivity index (χ2v) is 6.53. The van der Waals surface area contributed by atoms with Crippen molar-refractivity contribution in [3.8, 4) is 0 Å². The second kappa shape index (κ2) is 8.18.